The third kappa shape index (κ3) is 1.43. The molecule has 0 radical (unpaired) electrons. The molecule has 0 unspecified atom stereocenters. The number of benzene rings is 2. The van der Waals surface area contributed by atoms with Gasteiger partial charge in [-0.15, -0.1) is 0 Å². The van der Waals surface area contributed by atoms with E-state index in [9.17, 15) is 14.0 Å². The van der Waals surface area contributed by atoms with Gasteiger partial charge >= 0.3 is 0 Å². The van der Waals surface area contributed by atoms with Crippen molar-refractivity contribution >= 4 is 11.8 Å². The largest absolute Gasteiger partial charge is 0.288 e. The van der Waals surface area contributed by atoms with Gasteiger partial charge in [-0.3, -0.25) is 14.9 Å². The van der Waals surface area contributed by atoms with Gasteiger partial charge in [-0.05, 0) is 17.7 Å². The lowest BCUT2D eigenvalue weighted by molar-refractivity contribution is 0.0880. The van der Waals surface area contributed by atoms with Gasteiger partial charge in [0.25, 0.3) is 11.8 Å². The van der Waals surface area contributed by atoms with Crippen molar-refractivity contribution in [3.05, 3.63) is 59.4 Å². The number of amides is 2. The minimum Gasteiger partial charge on any atom is -0.288 e. The predicted molar refractivity (Wildman–Crippen MR) is 63.6 cm³/mol. The molecule has 0 aliphatic carbocycles. The molecule has 0 fully saturated rings. The van der Waals surface area contributed by atoms with Crippen LogP contribution in [0.25, 0.3) is 11.1 Å². The zero-order valence-corrected chi connectivity index (χ0v) is 9.24. The Hall–Kier alpha value is -2.49. The van der Waals surface area contributed by atoms with E-state index in [0.29, 0.717) is 5.56 Å². The van der Waals surface area contributed by atoms with E-state index in [1.54, 1.807) is 30.3 Å². The molecule has 0 saturated heterocycles. The van der Waals surface area contributed by atoms with Crippen molar-refractivity contribution in [2.24, 2.45) is 0 Å². The third-order valence-corrected chi connectivity index (χ3v) is 2.92. The maximum absolute atomic E-state index is 13.9. The fourth-order valence-corrected chi connectivity index (χ4v) is 2.12. The Kier molecular flexibility index (Phi) is 2.23. The zero-order chi connectivity index (χ0) is 12.7. The molecular formula is C14H8FNO2. The number of hydrogen-bond acceptors (Lipinski definition) is 2. The first-order chi connectivity index (χ1) is 8.68. The van der Waals surface area contributed by atoms with Crippen LogP contribution in [0, 0.1) is 5.82 Å². The van der Waals surface area contributed by atoms with Crippen molar-refractivity contribution in [2.75, 3.05) is 0 Å². The summed E-state index contributed by atoms with van der Waals surface area (Å²) >= 11 is 0. The molecular weight excluding hydrogens is 233 g/mol. The SMILES string of the molecule is O=C1NC(=O)c2c1ccc(F)c2-c1ccccc1. The van der Waals surface area contributed by atoms with Crippen molar-refractivity contribution in [2.45, 2.75) is 0 Å². The van der Waals surface area contributed by atoms with Crippen LogP contribution in [0.4, 0.5) is 4.39 Å². The fraction of sp³-hybridized carbons (Fsp3) is 0. The normalized spacial score (nSPS) is 13.4. The highest BCUT2D eigenvalue weighted by Crippen LogP contribution is 2.31. The summed E-state index contributed by atoms with van der Waals surface area (Å²) in [6.45, 7) is 0. The van der Waals surface area contributed by atoms with E-state index in [1.807, 2.05) is 0 Å². The minimum absolute atomic E-state index is 0.117. The van der Waals surface area contributed by atoms with Gasteiger partial charge < -0.3 is 0 Å². The lowest BCUT2D eigenvalue weighted by Crippen LogP contribution is -2.20. The van der Waals surface area contributed by atoms with E-state index in [4.69, 9.17) is 0 Å². The van der Waals surface area contributed by atoms with Crippen LogP contribution in [0.2, 0.25) is 0 Å². The maximum Gasteiger partial charge on any atom is 0.259 e. The molecule has 1 N–H and O–H groups in total. The fourth-order valence-electron chi connectivity index (χ4n) is 2.12. The predicted octanol–water partition coefficient (Wildman–Crippen LogP) is 2.38. The van der Waals surface area contributed by atoms with Gasteiger partial charge in [-0.2, -0.15) is 0 Å². The van der Waals surface area contributed by atoms with Crippen LogP contribution in [0.3, 0.4) is 0 Å². The van der Waals surface area contributed by atoms with Crippen molar-refractivity contribution in [3.8, 4) is 11.1 Å². The first-order valence-electron chi connectivity index (χ1n) is 5.42. The van der Waals surface area contributed by atoms with E-state index >= 15 is 0 Å². The Morgan fingerprint density at radius 2 is 1.56 bits per heavy atom. The van der Waals surface area contributed by atoms with E-state index in [2.05, 4.69) is 5.32 Å². The highest BCUT2D eigenvalue weighted by atomic mass is 19.1. The van der Waals surface area contributed by atoms with Crippen LogP contribution in [0.5, 0.6) is 0 Å². The Balaban J connectivity index is 2.34. The molecule has 1 heterocycles. The summed E-state index contributed by atoms with van der Waals surface area (Å²) in [6.07, 6.45) is 0. The first kappa shape index (κ1) is 10.7. The van der Waals surface area contributed by atoms with Crippen LogP contribution in [0.15, 0.2) is 42.5 Å². The van der Waals surface area contributed by atoms with Gasteiger partial charge in [0.1, 0.15) is 5.82 Å². The summed E-state index contributed by atoms with van der Waals surface area (Å²) in [4.78, 5) is 23.2. The molecule has 0 saturated carbocycles. The molecule has 3 nitrogen and oxygen atoms in total. The van der Waals surface area contributed by atoms with Gasteiger partial charge in [0.2, 0.25) is 0 Å². The number of nitrogens with one attached hydrogen (secondary N) is 1. The lowest BCUT2D eigenvalue weighted by atomic mass is 9.96. The highest BCUT2D eigenvalue weighted by molar-refractivity contribution is 6.24. The molecule has 4 heteroatoms. The molecule has 0 atom stereocenters. The Bertz CT molecular complexity index is 665. The summed E-state index contributed by atoms with van der Waals surface area (Å²) in [7, 11) is 0. The van der Waals surface area contributed by atoms with Gasteiger partial charge in [0.05, 0.1) is 11.1 Å². The molecule has 2 aromatic carbocycles. The van der Waals surface area contributed by atoms with Crippen LogP contribution >= 0.6 is 0 Å². The Morgan fingerprint density at radius 1 is 0.833 bits per heavy atom. The van der Waals surface area contributed by atoms with Gasteiger partial charge in [-0.1, -0.05) is 30.3 Å². The summed E-state index contributed by atoms with van der Waals surface area (Å²) < 4.78 is 13.9. The maximum atomic E-state index is 13.9. The number of carbonyl (C=O) groups excluding carboxylic acids is 2. The number of rotatable bonds is 1. The molecule has 3 rings (SSSR count). The molecule has 2 aromatic rings. The highest BCUT2D eigenvalue weighted by Gasteiger charge is 2.31. The van der Waals surface area contributed by atoms with Crippen molar-refractivity contribution < 1.29 is 14.0 Å². The van der Waals surface area contributed by atoms with E-state index in [1.165, 1.54) is 12.1 Å². The third-order valence-electron chi connectivity index (χ3n) is 2.92. The molecule has 1 aliphatic heterocycles. The zero-order valence-electron chi connectivity index (χ0n) is 9.24. The molecule has 1 aliphatic rings. The molecule has 0 aromatic heterocycles. The number of carbonyl (C=O) groups is 2. The summed E-state index contributed by atoms with van der Waals surface area (Å²) in [5.41, 5.74) is 1.10. The molecule has 0 bridgehead atoms. The number of halogens is 1. The van der Waals surface area contributed by atoms with Crippen LogP contribution in [0.1, 0.15) is 20.7 Å². The average Bonchev–Trinajstić information content (AvgIpc) is 2.66. The quantitative estimate of drug-likeness (QED) is 0.779. The van der Waals surface area contributed by atoms with Crippen LogP contribution < -0.4 is 5.32 Å². The first-order valence-corrected chi connectivity index (χ1v) is 5.42. The number of imide groups is 1. The molecule has 18 heavy (non-hydrogen) atoms. The Labute approximate surface area is 102 Å². The lowest BCUT2D eigenvalue weighted by Gasteiger charge is -2.07. The smallest absolute Gasteiger partial charge is 0.259 e. The van der Waals surface area contributed by atoms with Crippen molar-refractivity contribution in [1.29, 1.82) is 0 Å². The van der Waals surface area contributed by atoms with E-state index in [-0.39, 0.29) is 16.7 Å². The Morgan fingerprint density at radius 3 is 2.28 bits per heavy atom. The molecule has 2 amide bonds. The second kappa shape index (κ2) is 3.77. The van der Waals surface area contributed by atoms with Crippen LogP contribution in [-0.4, -0.2) is 11.8 Å². The summed E-state index contributed by atoms with van der Waals surface area (Å²) in [6, 6.07) is 11.3. The summed E-state index contributed by atoms with van der Waals surface area (Å²) in [5.74, 6) is -1.54. The van der Waals surface area contributed by atoms with E-state index in [0.717, 1.165) is 0 Å². The number of hydrogen-bond donors (Lipinski definition) is 1. The monoisotopic (exact) mass is 241 g/mol. The van der Waals surface area contributed by atoms with Gasteiger partial charge in [-0.25, -0.2) is 4.39 Å². The van der Waals surface area contributed by atoms with Crippen molar-refractivity contribution in [3.63, 3.8) is 0 Å². The average molecular weight is 241 g/mol. The second-order valence-corrected chi connectivity index (χ2v) is 3.99. The summed E-state index contributed by atoms with van der Waals surface area (Å²) in [5, 5.41) is 2.18. The van der Waals surface area contributed by atoms with Crippen LogP contribution in [-0.2, 0) is 0 Å². The molecule has 88 valence electrons. The van der Waals surface area contributed by atoms with E-state index < -0.39 is 17.6 Å². The topological polar surface area (TPSA) is 46.2 Å². The standard InChI is InChI=1S/C14H8FNO2/c15-10-7-6-9-12(14(18)16-13(9)17)11(10)8-4-2-1-3-5-8/h1-7H,(H,16,17,18). The number of fused-ring (bicyclic) bond motifs is 1. The minimum atomic E-state index is -0.548. The van der Waals surface area contributed by atoms with Crippen molar-refractivity contribution in [1.82, 2.24) is 5.32 Å². The molecule has 0 spiro atoms. The van der Waals surface area contributed by atoms with Gasteiger partial charge in [0.15, 0.2) is 0 Å². The van der Waals surface area contributed by atoms with Gasteiger partial charge in [0, 0.05) is 5.56 Å². The second-order valence-electron chi connectivity index (χ2n) is 3.99.